The smallest absolute Gasteiger partial charge is 0.309 e. The van der Waals surface area contributed by atoms with Gasteiger partial charge in [-0.2, -0.15) is 124 Å². The van der Waals surface area contributed by atoms with Gasteiger partial charge in [-0.3, -0.25) is 0 Å². The molecule has 0 N–H and O–H groups in total. The van der Waals surface area contributed by atoms with Gasteiger partial charge < -0.3 is 9.13 Å². The zero-order valence-corrected chi connectivity index (χ0v) is 48.9. The van der Waals surface area contributed by atoms with E-state index in [2.05, 4.69) is 0 Å². The molecule has 0 amide bonds. The van der Waals surface area contributed by atoms with E-state index >= 15 is 13.2 Å². The maximum Gasteiger partial charge on any atom is 0.417 e. The maximum atomic E-state index is 15.3. The Bertz CT molecular complexity index is 5100. The van der Waals surface area contributed by atoms with Crippen molar-refractivity contribution in [1.29, 1.82) is 5.26 Å². The van der Waals surface area contributed by atoms with Gasteiger partial charge in [-0.05, 0) is 172 Å². The summed E-state index contributed by atoms with van der Waals surface area (Å²) in [5.41, 5.74) is -24.9. The summed E-state index contributed by atoms with van der Waals surface area (Å²) in [6.45, 7) is 0. The van der Waals surface area contributed by atoms with Crippen LogP contribution >= 0.6 is 0 Å². The highest BCUT2D eigenvalue weighted by molar-refractivity contribution is 6.14. The van der Waals surface area contributed by atoms with Crippen LogP contribution in [-0.2, 0) is 55.6 Å². The number of nitriles is 1. The average molecular weight is 1430 g/mol. The Morgan fingerprint density at radius 3 is 0.720 bits per heavy atom. The lowest BCUT2D eigenvalue weighted by Gasteiger charge is -2.21. The number of halogens is 27. The first kappa shape index (κ1) is 69.3. The van der Waals surface area contributed by atoms with Gasteiger partial charge in [0.1, 0.15) is 0 Å². The molecule has 0 saturated heterocycles. The van der Waals surface area contributed by atoms with E-state index in [-0.39, 0.29) is 86.1 Å². The molecule has 10 aromatic carbocycles. The largest absolute Gasteiger partial charge is 0.417 e. The van der Waals surface area contributed by atoms with Crippen molar-refractivity contribution >= 4 is 43.6 Å². The van der Waals surface area contributed by atoms with Gasteiger partial charge in [0.25, 0.3) is 0 Å². The van der Waals surface area contributed by atoms with Crippen molar-refractivity contribution < 1.29 is 119 Å². The highest BCUT2D eigenvalue weighted by Crippen LogP contribution is 2.51. The summed E-state index contributed by atoms with van der Waals surface area (Å²) >= 11 is 0. The van der Waals surface area contributed by atoms with Crippen LogP contribution in [0.2, 0.25) is 0 Å². The van der Waals surface area contributed by atoms with Gasteiger partial charge >= 0.3 is 55.6 Å². The number of hydrogen-bond donors (Lipinski definition) is 0. The molecule has 30 heteroatoms. The van der Waals surface area contributed by atoms with Crippen LogP contribution in [0.5, 0.6) is 0 Å². The van der Waals surface area contributed by atoms with Crippen LogP contribution < -0.4 is 0 Å². The molecule has 3 nitrogen and oxygen atoms in total. The van der Waals surface area contributed by atoms with Crippen LogP contribution in [0.1, 0.15) is 55.6 Å². The fraction of sp³-hybridized carbons (Fsp3) is 0.129. The van der Waals surface area contributed by atoms with Crippen molar-refractivity contribution in [3.63, 3.8) is 0 Å². The molecule has 0 saturated carbocycles. The summed E-state index contributed by atoms with van der Waals surface area (Å²) in [6, 6.07) is 20.6. The normalized spacial score (nSPS) is 13.3. The third-order valence-electron chi connectivity index (χ3n) is 16.6. The van der Waals surface area contributed by atoms with Crippen LogP contribution in [0.3, 0.4) is 0 Å². The molecule has 0 aliphatic heterocycles. The van der Waals surface area contributed by atoms with E-state index in [0.29, 0.717) is 48.5 Å². The number of hydrogen-bond acceptors (Lipinski definition) is 1. The third-order valence-corrected chi connectivity index (χ3v) is 16.6. The third kappa shape index (κ3) is 12.6. The van der Waals surface area contributed by atoms with Gasteiger partial charge in [0.15, 0.2) is 0 Å². The Balaban J connectivity index is 1.18. The molecule has 12 rings (SSSR count). The van der Waals surface area contributed by atoms with Gasteiger partial charge in [0, 0.05) is 32.7 Å². The summed E-state index contributed by atoms with van der Waals surface area (Å²) in [6.07, 6.45) is -48.8. The van der Waals surface area contributed by atoms with Crippen molar-refractivity contribution in [3.8, 4) is 73.1 Å². The van der Waals surface area contributed by atoms with E-state index in [1.807, 2.05) is 6.07 Å². The van der Waals surface area contributed by atoms with Crippen molar-refractivity contribution in [3.05, 3.63) is 238 Å². The average Bonchev–Trinajstić information content (AvgIpc) is 1.56. The Kier molecular flexibility index (Phi) is 16.1. The summed E-state index contributed by atoms with van der Waals surface area (Å²) in [4.78, 5) is 0. The number of benzene rings is 10. The van der Waals surface area contributed by atoms with Crippen molar-refractivity contribution in [2.24, 2.45) is 0 Å². The minimum Gasteiger partial charge on any atom is -0.309 e. The van der Waals surface area contributed by atoms with E-state index in [4.69, 9.17) is 0 Å². The number of fused-ring (bicyclic) bond motifs is 6. The van der Waals surface area contributed by atoms with Crippen LogP contribution in [0, 0.1) is 11.3 Å². The number of aromatic nitrogens is 2. The van der Waals surface area contributed by atoms with Crippen LogP contribution in [-0.4, -0.2) is 9.13 Å². The molecule has 0 aliphatic rings. The Labute approximate surface area is 541 Å². The molecule has 0 fully saturated rings. The molecule has 0 spiro atoms. The first-order chi connectivity index (χ1) is 46.2. The lowest BCUT2D eigenvalue weighted by molar-refractivity contribution is -0.144. The molecule has 100 heavy (non-hydrogen) atoms. The lowest BCUT2D eigenvalue weighted by Crippen LogP contribution is -2.12. The second-order valence-electron chi connectivity index (χ2n) is 22.7. The first-order valence-electron chi connectivity index (χ1n) is 28.3. The van der Waals surface area contributed by atoms with Gasteiger partial charge in [-0.15, -0.1) is 0 Å². The fourth-order valence-corrected chi connectivity index (χ4v) is 12.2. The van der Waals surface area contributed by atoms with E-state index in [9.17, 15) is 111 Å². The monoisotopic (exact) mass is 1430 g/mol. The van der Waals surface area contributed by atoms with Crippen molar-refractivity contribution in [1.82, 2.24) is 9.13 Å². The SMILES string of the molecule is N#Cc1ccc(-n2c3ccc(-c4ccc(C(F)(F)F)cc4C(F)(F)F)cc3c3cc(-c4ccc(C(F)(F)F)cc4C(F)(F)F)ccc32)c(-c2ccc(C(F)(F)F)cc2-n2c3ccc(-c4ccc(C(F)(F)F)cc4C(F)(F)F)cc3c3cc(-c4ccc(C(F)(F)F)cc4C(F)(F)F)ccc32)c1. The van der Waals surface area contributed by atoms with Gasteiger partial charge in [0.2, 0.25) is 0 Å². The van der Waals surface area contributed by atoms with Gasteiger partial charge in [0.05, 0.1) is 95.1 Å². The number of rotatable bonds is 7. The second kappa shape index (κ2) is 23.3. The van der Waals surface area contributed by atoms with E-state index in [1.165, 1.54) is 4.57 Å². The zero-order chi connectivity index (χ0) is 72.9. The van der Waals surface area contributed by atoms with Crippen molar-refractivity contribution in [2.45, 2.75) is 55.6 Å². The standard InChI is InChI=1S/C70H30F27N3/c71-62(72,73)37-6-11-42(52(26-37)67(86,87)88)33-2-17-57-48(22-33)49-23-34(43-12-7-38(63(74,75)76)27-53(43)68(89,90)91)3-18-58(49)99(57)56-16-1-32(31-98)21-47(56)46-15-10-41(66(83,84)85)30-61(46)100-59-19-4-35(44-13-8-39(64(77,78)79)28-54(44)69(92,93)94)24-50(59)51-25-36(5-20-60(51)100)45-14-9-40(65(80,81)82)29-55(45)70(95,96)97/h1-30H. The predicted molar refractivity (Wildman–Crippen MR) is 312 cm³/mol. The second-order valence-corrected chi connectivity index (χ2v) is 22.7. The molecule has 0 aliphatic carbocycles. The highest BCUT2D eigenvalue weighted by Gasteiger charge is 2.44. The van der Waals surface area contributed by atoms with E-state index < -0.39 is 172 Å². The summed E-state index contributed by atoms with van der Waals surface area (Å²) in [5.74, 6) is 0. The molecule has 0 radical (unpaired) electrons. The molecule has 0 unspecified atom stereocenters. The van der Waals surface area contributed by atoms with Crippen LogP contribution in [0.25, 0.3) is 111 Å². The Morgan fingerprint density at radius 1 is 0.220 bits per heavy atom. The van der Waals surface area contributed by atoms with E-state index in [0.717, 1.165) is 102 Å². The summed E-state index contributed by atoms with van der Waals surface area (Å²) in [7, 11) is 0. The summed E-state index contributed by atoms with van der Waals surface area (Å²) in [5, 5.41) is 9.13. The molecule has 12 aromatic rings. The number of alkyl halides is 27. The molecule has 0 bridgehead atoms. The summed E-state index contributed by atoms with van der Waals surface area (Å²) < 4.78 is 394. The minimum atomic E-state index is -5.56. The molecule has 514 valence electrons. The Morgan fingerprint density at radius 2 is 0.470 bits per heavy atom. The quantitative estimate of drug-likeness (QED) is 0.146. The Hall–Kier alpha value is -10.6. The molecular formula is C70H30F27N3. The topological polar surface area (TPSA) is 33.6 Å². The van der Waals surface area contributed by atoms with Crippen LogP contribution in [0.15, 0.2) is 182 Å². The zero-order valence-electron chi connectivity index (χ0n) is 48.9. The lowest BCUT2D eigenvalue weighted by atomic mass is 9.94. The molecule has 2 aromatic heterocycles. The molecule has 2 heterocycles. The number of nitrogens with zero attached hydrogens (tertiary/aromatic N) is 3. The van der Waals surface area contributed by atoms with Crippen LogP contribution in [0.4, 0.5) is 119 Å². The van der Waals surface area contributed by atoms with Gasteiger partial charge in [-0.1, -0.05) is 54.6 Å². The fourth-order valence-electron chi connectivity index (χ4n) is 12.2. The maximum absolute atomic E-state index is 15.3. The van der Waals surface area contributed by atoms with Crippen molar-refractivity contribution in [2.75, 3.05) is 0 Å². The van der Waals surface area contributed by atoms with E-state index in [1.54, 1.807) is 0 Å². The minimum absolute atomic E-state index is 0.195. The van der Waals surface area contributed by atoms with Gasteiger partial charge in [-0.25, -0.2) is 0 Å². The molecular weight excluding hydrogens is 1400 g/mol. The first-order valence-corrected chi connectivity index (χ1v) is 28.3. The highest BCUT2D eigenvalue weighted by atomic mass is 19.4. The molecule has 0 atom stereocenters. The predicted octanol–water partition coefficient (Wildman–Crippen LogP) is 25.3.